The van der Waals surface area contributed by atoms with Gasteiger partial charge in [0.25, 0.3) is 0 Å². The van der Waals surface area contributed by atoms with Crippen LogP contribution in [-0.4, -0.2) is 55.0 Å². The van der Waals surface area contributed by atoms with Crippen LogP contribution in [0.1, 0.15) is 12.5 Å². The zero-order valence-corrected chi connectivity index (χ0v) is 12.8. The second kappa shape index (κ2) is 6.58. The van der Waals surface area contributed by atoms with Crippen molar-refractivity contribution in [3.8, 4) is 0 Å². The van der Waals surface area contributed by atoms with Gasteiger partial charge in [0.2, 0.25) is 5.91 Å². The zero-order valence-electron chi connectivity index (χ0n) is 12.8. The molecule has 0 bridgehead atoms. The first kappa shape index (κ1) is 14.5. The highest BCUT2D eigenvalue weighted by atomic mass is 16.2. The van der Waals surface area contributed by atoms with Gasteiger partial charge in [-0.2, -0.15) is 0 Å². The molecule has 3 rings (SSSR count). The summed E-state index contributed by atoms with van der Waals surface area (Å²) in [6.07, 6.45) is 0. The second-order valence-electron chi connectivity index (χ2n) is 6.27. The summed E-state index contributed by atoms with van der Waals surface area (Å²) in [7, 11) is 0. The highest BCUT2D eigenvalue weighted by Crippen LogP contribution is 2.26. The number of nitrogens with one attached hydrogen (secondary N) is 1. The van der Waals surface area contributed by atoms with Gasteiger partial charge in [0.05, 0.1) is 6.54 Å². The van der Waals surface area contributed by atoms with E-state index >= 15 is 0 Å². The molecule has 2 heterocycles. The van der Waals surface area contributed by atoms with Crippen molar-refractivity contribution in [3.63, 3.8) is 0 Å². The number of fused-ring (bicyclic) bond motifs is 1. The van der Waals surface area contributed by atoms with Crippen LogP contribution in [0.25, 0.3) is 0 Å². The highest BCUT2D eigenvalue weighted by molar-refractivity contribution is 5.78. The lowest BCUT2D eigenvalue weighted by Gasteiger charge is -2.24. The number of amides is 1. The number of carbonyl (C=O) groups excluding carboxylic acids is 1. The van der Waals surface area contributed by atoms with E-state index in [1.807, 2.05) is 23.1 Å². The number of rotatable bonds is 5. The molecule has 0 aliphatic carbocycles. The van der Waals surface area contributed by atoms with Crippen molar-refractivity contribution in [1.29, 1.82) is 0 Å². The van der Waals surface area contributed by atoms with Crippen LogP contribution >= 0.6 is 0 Å². The molecule has 1 aromatic rings. The number of hydrogen-bond donors (Lipinski definition) is 1. The molecule has 21 heavy (non-hydrogen) atoms. The van der Waals surface area contributed by atoms with Gasteiger partial charge in [0.1, 0.15) is 0 Å². The van der Waals surface area contributed by atoms with E-state index in [1.165, 1.54) is 5.56 Å². The van der Waals surface area contributed by atoms with Crippen molar-refractivity contribution in [2.75, 3.05) is 39.3 Å². The predicted molar refractivity (Wildman–Crippen MR) is 83.8 cm³/mol. The molecule has 1 aromatic carbocycles. The van der Waals surface area contributed by atoms with Crippen LogP contribution in [0.3, 0.4) is 0 Å². The van der Waals surface area contributed by atoms with Gasteiger partial charge in [-0.1, -0.05) is 30.3 Å². The van der Waals surface area contributed by atoms with E-state index in [0.717, 1.165) is 51.1 Å². The van der Waals surface area contributed by atoms with Crippen molar-refractivity contribution in [1.82, 2.24) is 15.1 Å². The average Bonchev–Trinajstić information content (AvgIpc) is 3.06. The first-order valence-electron chi connectivity index (χ1n) is 8.01. The SMILES string of the molecule is CCN(Cc1ccccc1)C(=O)CN1CC2CNCC2C1. The van der Waals surface area contributed by atoms with Gasteiger partial charge < -0.3 is 10.2 Å². The lowest BCUT2D eigenvalue weighted by Crippen LogP contribution is -2.40. The standard InChI is InChI=1S/C17H25N3O/c1-2-20(10-14-6-4-3-5-7-14)17(21)13-19-11-15-8-18-9-16(15)12-19/h3-7,15-16,18H,2,8-13H2,1H3. The molecule has 1 N–H and O–H groups in total. The molecule has 0 spiro atoms. The van der Waals surface area contributed by atoms with Crippen molar-refractivity contribution in [2.24, 2.45) is 11.8 Å². The van der Waals surface area contributed by atoms with Crippen LogP contribution in [0, 0.1) is 11.8 Å². The molecular formula is C17H25N3O. The third-order valence-corrected chi connectivity index (χ3v) is 4.77. The van der Waals surface area contributed by atoms with Gasteiger partial charge >= 0.3 is 0 Å². The Hall–Kier alpha value is -1.39. The summed E-state index contributed by atoms with van der Waals surface area (Å²) in [6.45, 7) is 8.53. The maximum Gasteiger partial charge on any atom is 0.237 e. The molecule has 2 aliphatic rings. The van der Waals surface area contributed by atoms with Gasteiger partial charge in [0, 0.05) is 26.2 Å². The van der Waals surface area contributed by atoms with E-state index in [1.54, 1.807) is 0 Å². The number of hydrogen-bond acceptors (Lipinski definition) is 3. The fourth-order valence-corrected chi connectivity index (χ4v) is 3.55. The molecule has 4 nitrogen and oxygen atoms in total. The van der Waals surface area contributed by atoms with Crippen LogP contribution in [0.15, 0.2) is 30.3 Å². The quantitative estimate of drug-likeness (QED) is 0.883. The minimum Gasteiger partial charge on any atom is -0.338 e. The molecule has 2 saturated heterocycles. The molecule has 2 fully saturated rings. The predicted octanol–water partition coefficient (Wildman–Crippen LogP) is 1.19. The molecule has 4 heteroatoms. The van der Waals surface area contributed by atoms with Crippen LogP contribution in [0.5, 0.6) is 0 Å². The number of benzene rings is 1. The summed E-state index contributed by atoms with van der Waals surface area (Å²) >= 11 is 0. The van der Waals surface area contributed by atoms with E-state index in [-0.39, 0.29) is 5.91 Å². The monoisotopic (exact) mass is 287 g/mol. The fraction of sp³-hybridized carbons (Fsp3) is 0.588. The number of nitrogens with zero attached hydrogens (tertiary/aromatic N) is 2. The normalized spacial score (nSPS) is 25.0. The first-order valence-corrected chi connectivity index (χ1v) is 8.01. The van der Waals surface area contributed by atoms with Crippen LogP contribution in [0.2, 0.25) is 0 Å². The molecule has 0 aromatic heterocycles. The van der Waals surface area contributed by atoms with Crippen molar-refractivity contribution in [3.05, 3.63) is 35.9 Å². The van der Waals surface area contributed by atoms with E-state index < -0.39 is 0 Å². The molecule has 0 saturated carbocycles. The van der Waals surface area contributed by atoms with Crippen LogP contribution < -0.4 is 5.32 Å². The van der Waals surface area contributed by atoms with Gasteiger partial charge in [-0.05, 0) is 37.4 Å². The Balaban J connectivity index is 1.53. The summed E-state index contributed by atoms with van der Waals surface area (Å²) in [6, 6.07) is 10.2. The Morgan fingerprint density at radius 3 is 2.52 bits per heavy atom. The Morgan fingerprint density at radius 2 is 1.90 bits per heavy atom. The topological polar surface area (TPSA) is 35.6 Å². The smallest absolute Gasteiger partial charge is 0.237 e. The lowest BCUT2D eigenvalue weighted by molar-refractivity contribution is -0.132. The van der Waals surface area contributed by atoms with Crippen molar-refractivity contribution in [2.45, 2.75) is 13.5 Å². The molecule has 1 amide bonds. The molecular weight excluding hydrogens is 262 g/mol. The highest BCUT2D eigenvalue weighted by Gasteiger charge is 2.36. The van der Waals surface area contributed by atoms with Crippen molar-refractivity contribution < 1.29 is 4.79 Å². The summed E-state index contributed by atoms with van der Waals surface area (Å²) in [5, 5.41) is 3.44. The van der Waals surface area contributed by atoms with Gasteiger partial charge in [0.15, 0.2) is 0 Å². The summed E-state index contributed by atoms with van der Waals surface area (Å²) in [5.74, 6) is 1.76. The van der Waals surface area contributed by atoms with E-state index in [4.69, 9.17) is 0 Å². The Kier molecular flexibility index (Phi) is 4.56. The fourth-order valence-electron chi connectivity index (χ4n) is 3.55. The number of carbonyl (C=O) groups is 1. The molecule has 0 radical (unpaired) electrons. The summed E-state index contributed by atoms with van der Waals surface area (Å²) < 4.78 is 0. The first-order chi connectivity index (χ1) is 10.3. The van der Waals surface area contributed by atoms with Crippen molar-refractivity contribution >= 4 is 5.91 Å². The lowest BCUT2D eigenvalue weighted by atomic mass is 10.0. The third kappa shape index (κ3) is 3.44. The maximum absolute atomic E-state index is 12.5. The van der Waals surface area contributed by atoms with Crippen LogP contribution in [0.4, 0.5) is 0 Å². The largest absolute Gasteiger partial charge is 0.338 e. The van der Waals surface area contributed by atoms with E-state index in [0.29, 0.717) is 6.54 Å². The second-order valence-corrected chi connectivity index (χ2v) is 6.27. The molecule has 2 unspecified atom stereocenters. The Bertz CT molecular complexity index is 464. The Labute approximate surface area is 127 Å². The third-order valence-electron chi connectivity index (χ3n) is 4.77. The zero-order chi connectivity index (χ0) is 14.7. The summed E-state index contributed by atoms with van der Waals surface area (Å²) in [4.78, 5) is 16.8. The number of likely N-dealkylation sites (N-methyl/N-ethyl adjacent to an activating group) is 1. The Morgan fingerprint density at radius 1 is 1.24 bits per heavy atom. The number of likely N-dealkylation sites (tertiary alicyclic amines) is 1. The summed E-state index contributed by atoms with van der Waals surface area (Å²) in [5.41, 5.74) is 1.20. The minimum atomic E-state index is 0.259. The molecule has 2 atom stereocenters. The molecule has 114 valence electrons. The van der Waals surface area contributed by atoms with E-state index in [2.05, 4.69) is 29.3 Å². The van der Waals surface area contributed by atoms with Gasteiger partial charge in [-0.15, -0.1) is 0 Å². The average molecular weight is 287 g/mol. The molecule has 2 aliphatic heterocycles. The minimum absolute atomic E-state index is 0.259. The van der Waals surface area contributed by atoms with Gasteiger partial charge in [-0.3, -0.25) is 9.69 Å². The van der Waals surface area contributed by atoms with Gasteiger partial charge in [-0.25, -0.2) is 0 Å². The van der Waals surface area contributed by atoms with E-state index in [9.17, 15) is 4.79 Å². The van der Waals surface area contributed by atoms with Crippen LogP contribution in [-0.2, 0) is 11.3 Å². The maximum atomic E-state index is 12.5.